The number of amides is 1. The van der Waals surface area contributed by atoms with Crippen LogP contribution in [0, 0.1) is 5.92 Å². The molecule has 21 heavy (non-hydrogen) atoms. The van der Waals surface area contributed by atoms with E-state index in [0.717, 1.165) is 25.0 Å². The number of carbonyl (C=O) groups is 1. The SMILES string of the molecule is CS(=O)(=O)c1ccc(CC(=O)N[C@H]2C[C@@H]3OCC[C@H]23)cc1. The Kier molecular flexibility index (Phi) is 3.75. The predicted molar refractivity (Wildman–Crippen MR) is 77.7 cm³/mol. The summed E-state index contributed by atoms with van der Waals surface area (Å²) in [5, 5.41) is 3.04. The topological polar surface area (TPSA) is 72.5 Å². The van der Waals surface area contributed by atoms with Gasteiger partial charge in [0.15, 0.2) is 9.84 Å². The molecule has 0 radical (unpaired) electrons. The van der Waals surface area contributed by atoms with Crippen LogP contribution in [-0.4, -0.2) is 39.3 Å². The van der Waals surface area contributed by atoms with E-state index in [9.17, 15) is 13.2 Å². The second kappa shape index (κ2) is 5.42. The van der Waals surface area contributed by atoms with Crippen molar-refractivity contribution in [1.29, 1.82) is 0 Å². The number of nitrogens with one attached hydrogen (secondary N) is 1. The van der Waals surface area contributed by atoms with E-state index in [4.69, 9.17) is 4.74 Å². The van der Waals surface area contributed by atoms with Crippen LogP contribution in [0.1, 0.15) is 18.4 Å². The van der Waals surface area contributed by atoms with E-state index in [1.54, 1.807) is 24.3 Å². The molecule has 5 nitrogen and oxygen atoms in total. The summed E-state index contributed by atoms with van der Waals surface area (Å²) in [6.07, 6.45) is 3.72. The molecule has 1 aliphatic carbocycles. The maximum absolute atomic E-state index is 12.0. The van der Waals surface area contributed by atoms with E-state index >= 15 is 0 Å². The van der Waals surface area contributed by atoms with Gasteiger partial charge in [0.25, 0.3) is 0 Å². The molecule has 1 N–H and O–H groups in total. The van der Waals surface area contributed by atoms with Gasteiger partial charge in [0, 0.05) is 24.8 Å². The van der Waals surface area contributed by atoms with Crippen LogP contribution in [0.5, 0.6) is 0 Å². The lowest BCUT2D eigenvalue weighted by atomic mass is 9.76. The zero-order valence-corrected chi connectivity index (χ0v) is 12.7. The summed E-state index contributed by atoms with van der Waals surface area (Å²) in [4.78, 5) is 12.3. The van der Waals surface area contributed by atoms with Crippen molar-refractivity contribution in [3.63, 3.8) is 0 Å². The number of fused-ring (bicyclic) bond motifs is 1. The highest BCUT2D eigenvalue weighted by atomic mass is 32.2. The second-order valence-corrected chi connectivity index (χ2v) is 7.88. The van der Waals surface area contributed by atoms with Gasteiger partial charge in [0.05, 0.1) is 17.4 Å². The first-order chi connectivity index (χ1) is 9.93. The molecule has 1 heterocycles. The maximum Gasteiger partial charge on any atom is 0.224 e. The molecule has 1 amide bonds. The van der Waals surface area contributed by atoms with Crippen molar-refractivity contribution in [2.24, 2.45) is 5.92 Å². The number of sulfone groups is 1. The Morgan fingerprint density at radius 1 is 1.33 bits per heavy atom. The van der Waals surface area contributed by atoms with Crippen LogP contribution in [0.25, 0.3) is 0 Å². The minimum absolute atomic E-state index is 0.0162. The molecule has 1 aliphatic heterocycles. The fourth-order valence-electron chi connectivity index (χ4n) is 3.06. The predicted octanol–water partition coefficient (Wildman–Crippen LogP) is 0.926. The van der Waals surface area contributed by atoms with Gasteiger partial charge in [-0.15, -0.1) is 0 Å². The lowest BCUT2D eigenvalue weighted by Gasteiger charge is -2.39. The van der Waals surface area contributed by atoms with Crippen molar-refractivity contribution in [3.05, 3.63) is 29.8 Å². The first kappa shape index (κ1) is 14.5. The lowest BCUT2D eigenvalue weighted by Crippen LogP contribution is -2.53. The summed E-state index contributed by atoms with van der Waals surface area (Å²) in [7, 11) is -3.19. The monoisotopic (exact) mass is 309 g/mol. The molecule has 0 bridgehead atoms. The number of rotatable bonds is 4. The van der Waals surface area contributed by atoms with Crippen molar-refractivity contribution >= 4 is 15.7 Å². The number of carbonyl (C=O) groups excluding carboxylic acids is 1. The van der Waals surface area contributed by atoms with Crippen LogP contribution >= 0.6 is 0 Å². The third-order valence-corrected chi connectivity index (χ3v) is 5.45. The molecule has 114 valence electrons. The number of hydrogen-bond acceptors (Lipinski definition) is 4. The number of ether oxygens (including phenoxy) is 1. The fourth-order valence-corrected chi connectivity index (χ4v) is 3.69. The van der Waals surface area contributed by atoms with Crippen LogP contribution in [0.15, 0.2) is 29.2 Å². The number of hydrogen-bond donors (Lipinski definition) is 1. The molecule has 0 unspecified atom stereocenters. The van der Waals surface area contributed by atoms with Gasteiger partial charge in [-0.1, -0.05) is 12.1 Å². The van der Waals surface area contributed by atoms with Crippen LogP contribution < -0.4 is 5.32 Å². The lowest BCUT2D eigenvalue weighted by molar-refractivity contribution is -0.123. The van der Waals surface area contributed by atoms with Crippen molar-refractivity contribution in [2.45, 2.75) is 36.3 Å². The van der Waals surface area contributed by atoms with Gasteiger partial charge in [-0.05, 0) is 30.5 Å². The van der Waals surface area contributed by atoms with Crippen LogP contribution in [0.2, 0.25) is 0 Å². The second-order valence-electron chi connectivity index (χ2n) is 5.86. The van der Waals surface area contributed by atoms with Gasteiger partial charge in [-0.25, -0.2) is 8.42 Å². The normalized spacial score (nSPS) is 27.8. The Bertz CT molecular complexity index is 638. The molecule has 3 atom stereocenters. The summed E-state index contributed by atoms with van der Waals surface area (Å²) < 4.78 is 28.3. The number of benzene rings is 1. The molecule has 1 aromatic rings. The molecule has 0 spiro atoms. The Hall–Kier alpha value is -1.40. The Labute approximate surface area is 124 Å². The van der Waals surface area contributed by atoms with Gasteiger partial charge in [-0.2, -0.15) is 0 Å². The van der Waals surface area contributed by atoms with E-state index in [0.29, 0.717) is 12.0 Å². The van der Waals surface area contributed by atoms with Crippen molar-refractivity contribution < 1.29 is 17.9 Å². The van der Waals surface area contributed by atoms with E-state index in [1.807, 2.05) is 0 Å². The standard InChI is InChI=1S/C15H19NO4S/c1-21(18,19)11-4-2-10(3-5-11)8-15(17)16-13-9-14-12(13)6-7-20-14/h2-5,12-14H,6-9H2,1H3,(H,16,17)/t12-,13+,14+/m1/s1. The van der Waals surface area contributed by atoms with E-state index in [1.165, 1.54) is 6.26 Å². The highest BCUT2D eigenvalue weighted by molar-refractivity contribution is 7.90. The minimum Gasteiger partial charge on any atom is -0.378 e. The summed E-state index contributed by atoms with van der Waals surface area (Å²) >= 11 is 0. The van der Waals surface area contributed by atoms with Crippen molar-refractivity contribution in [2.75, 3.05) is 12.9 Å². The smallest absolute Gasteiger partial charge is 0.224 e. The molecule has 1 aromatic carbocycles. The Balaban J connectivity index is 1.55. The maximum atomic E-state index is 12.0. The molecular formula is C15H19NO4S. The molecule has 3 rings (SSSR count). The van der Waals surface area contributed by atoms with Crippen LogP contribution in [0.3, 0.4) is 0 Å². The van der Waals surface area contributed by atoms with Crippen LogP contribution in [-0.2, 0) is 25.8 Å². The molecule has 2 fully saturated rings. The van der Waals surface area contributed by atoms with Gasteiger partial charge in [0.1, 0.15) is 0 Å². The average molecular weight is 309 g/mol. The van der Waals surface area contributed by atoms with Crippen molar-refractivity contribution in [3.8, 4) is 0 Å². The molecule has 6 heteroatoms. The molecule has 2 aliphatic rings. The molecule has 1 saturated heterocycles. The first-order valence-corrected chi connectivity index (χ1v) is 9.02. The highest BCUT2D eigenvalue weighted by Crippen LogP contribution is 2.38. The highest BCUT2D eigenvalue weighted by Gasteiger charge is 2.45. The summed E-state index contributed by atoms with van der Waals surface area (Å²) in [6.45, 7) is 0.800. The zero-order chi connectivity index (χ0) is 15.0. The third kappa shape index (κ3) is 3.11. The van der Waals surface area contributed by atoms with Gasteiger partial charge >= 0.3 is 0 Å². The fraction of sp³-hybridized carbons (Fsp3) is 0.533. The first-order valence-electron chi connectivity index (χ1n) is 7.13. The van der Waals surface area contributed by atoms with Crippen molar-refractivity contribution in [1.82, 2.24) is 5.32 Å². The van der Waals surface area contributed by atoms with Gasteiger partial charge < -0.3 is 10.1 Å². The minimum atomic E-state index is -3.19. The summed E-state index contributed by atoms with van der Waals surface area (Å²) in [5.74, 6) is 0.457. The largest absolute Gasteiger partial charge is 0.378 e. The molecule has 0 aromatic heterocycles. The Morgan fingerprint density at radius 2 is 2.05 bits per heavy atom. The van der Waals surface area contributed by atoms with Gasteiger partial charge in [0.2, 0.25) is 5.91 Å². The quantitative estimate of drug-likeness (QED) is 0.898. The summed E-state index contributed by atoms with van der Waals surface area (Å²) in [6, 6.07) is 6.71. The van der Waals surface area contributed by atoms with Gasteiger partial charge in [-0.3, -0.25) is 4.79 Å². The zero-order valence-electron chi connectivity index (χ0n) is 11.9. The molecular weight excluding hydrogens is 290 g/mol. The Morgan fingerprint density at radius 3 is 2.67 bits per heavy atom. The van der Waals surface area contributed by atoms with Crippen LogP contribution in [0.4, 0.5) is 0 Å². The van der Waals surface area contributed by atoms with E-state index < -0.39 is 9.84 Å². The van der Waals surface area contributed by atoms with E-state index in [2.05, 4.69) is 5.32 Å². The third-order valence-electron chi connectivity index (χ3n) is 4.33. The average Bonchev–Trinajstić information content (AvgIpc) is 2.77. The molecule has 1 saturated carbocycles. The van der Waals surface area contributed by atoms with E-state index in [-0.39, 0.29) is 23.3 Å². The summed E-state index contributed by atoms with van der Waals surface area (Å²) in [5.41, 5.74) is 0.818.